The highest BCUT2D eigenvalue weighted by Gasteiger charge is 2.34. The van der Waals surface area contributed by atoms with Crippen LogP contribution in [0.25, 0.3) is 0 Å². The molecule has 6 heteroatoms. The summed E-state index contributed by atoms with van der Waals surface area (Å²) < 4.78 is 0. The van der Waals surface area contributed by atoms with Gasteiger partial charge in [0.2, 0.25) is 0 Å². The van der Waals surface area contributed by atoms with Crippen LogP contribution in [-0.4, -0.2) is 52.0 Å². The fourth-order valence-electron chi connectivity index (χ4n) is 4.11. The van der Waals surface area contributed by atoms with Crippen molar-refractivity contribution < 1.29 is 14.7 Å². The van der Waals surface area contributed by atoms with Crippen molar-refractivity contribution in [3.05, 3.63) is 29.1 Å². The highest BCUT2D eigenvalue weighted by molar-refractivity contribution is 5.77. The van der Waals surface area contributed by atoms with Gasteiger partial charge in [-0.05, 0) is 69.9 Å². The van der Waals surface area contributed by atoms with Crippen molar-refractivity contribution in [2.24, 2.45) is 0 Å². The molecule has 1 fully saturated rings. The summed E-state index contributed by atoms with van der Waals surface area (Å²) in [7, 11) is 0. The lowest BCUT2D eigenvalue weighted by Gasteiger charge is -2.37. The number of rotatable bonds is 6. The van der Waals surface area contributed by atoms with Crippen molar-refractivity contribution in [1.29, 1.82) is 0 Å². The number of piperidine rings is 1. The number of ketones is 1. The fourth-order valence-corrected chi connectivity index (χ4v) is 4.11. The van der Waals surface area contributed by atoms with Crippen LogP contribution in [0.5, 0.6) is 0 Å². The SMILES string of the molecule is CC(=O)CC1(O)CCN(C(=O)NCCCc2ccc3c(n2)CCCC3)CC1. The monoisotopic (exact) mass is 373 g/mol. The Morgan fingerprint density at radius 3 is 2.70 bits per heavy atom. The molecule has 0 radical (unpaired) electrons. The molecule has 0 aromatic carbocycles. The van der Waals surface area contributed by atoms with Gasteiger partial charge in [0, 0.05) is 37.4 Å². The number of nitrogens with one attached hydrogen (secondary N) is 1. The highest BCUT2D eigenvalue weighted by atomic mass is 16.3. The average Bonchev–Trinajstić information content (AvgIpc) is 2.64. The minimum atomic E-state index is -0.944. The molecule has 2 aliphatic rings. The summed E-state index contributed by atoms with van der Waals surface area (Å²) in [5, 5.41) is 13.3. The number of carbonyl (C=O) groups is 2. The first kappa shape index (κ1) is 19.8. The quantitative estimate of drug-likeness (QED) is 0.750. The van der Waals surface area contributed by atoms with Crippen LogP contribution in [0.2, 0.25) is 0 Å². The summed E-state index contributed by atoms with van der Waals surface area (Å²) in [5.41, 5.74) is 2.82. The van der Waals surface area contributed by atoms with Gasteiger partial charge in [-0.15, -0.1) is 0 Å². The molecule has 1 saturated heterocycles. The van der Waals surface area contributed by atoms with E-state index < -0.39 is 5.60 Å². The van der Waals surface area contributed by atoms with E-state index in [1.165, 1.54) is 31.0 Å². The molecule has 0 saturated carbocycles. The van der Waals surface area contributed by atoms with Gasteiger partial charge in [-0.2, -0.15) is 0 Å². The molecule has 0 bridgehead atoms. The van der Waals surface area contributed by atoms with Gasteiger partial charge in [0.1, 0.15) is 5.78 Å². The van der Waals surface area contributed by atoms with Gasteiger partial charge in [0.05, 0.1) is 5.60 Å². The minimum Gasteiger partial charge on any atom is -0.389 e. The van der Waals surface area contributed by atoms with Crippen molar-refractivity contribution >= 4 is 11.8 Å². The molecular weight excluding hydrogens is 342 g/mol. The van der Waals surface area contributed by atoms with Gasteiger partial charge in [0.25, 0.3) is 0 Å². The van der Waals surface area contributed by atoms with Crippen LogP contribution >= 0.6 is 0 Å². The van der Waals surface area contributed by atoms with Crippen molar-refractivity contribution in [3.63, 3.8) is 0 Å². The van der Waals surface area contributed by atoms with Crippen LogP contribution in [0.1, 0.15) is 62.4 Å². The van der Waals surface area contributed by atoms with Crippen molar-refractivity contribution in [3.8, 4) is 0 Å². The summed E-state index contributed by atoms with van der Waals surface area (Å²) in [5.74, 6) is -0.00816. The van der Waals surface area contributed by atoms with Gasteiger partial charge in [-0.1, -0.05) is 6.07 Å². The van der Waals surface area contributed by atoms with E-state index in [1.807, 2.05) is 0 Å². The van der Waals surface area contributed by atoms with Crippen molar-refractivity contribution in [2.45, 2.75) is 70.3 Å². The van der Waals surface area contributed by atoms with Crippen molar-refractivity contribution in [1.82, 2.24) is 15.2 Å². The molecule has 2 heterocycles. The standard InChI is InChI=1S/C21H31N3O3/c1-16(25)15-21(27)10-13-24(14-11-21)20(26)22-12-4-6-18-9-8-17-5-2-3-7-19(17)23-18/h8-9,27H,2-7,10-15H2,1H3,(H,22,26). The maximum Gasteiger partial charge on any atom is 0.317 e. The van der Waals surface area contributed by atoms with Gasteiger partial charge in [0.15, 0.2) is 0 Å². The zero-order chi connectivity index (χ0) is 19.3. The van der Waals surface area contributed by atoms with Crippen LogP contribution in [0.3, 0.4) is 0 Å². The van der Waals surface area contributed by atoms with Crippen LogP contribution < -0.4 is 5.32 Å². The van der Waals surface area contributed by atoms with Crippen LogP contribution in [0.15, 0.2) is 12.1 Å². The van der Waals surface area contributed by atoms with E-state index in [4.69, 9.17) is 4.98 Å². The first-order valence-corrected chi connectivity index (χ1v) is 10.2. The number of Topliss-reactive ketones (excluding diaryl/α,β-unsaturated/α-hetero) is 1. The van der Waals surface area contributed by atoms with E-state index in [9.17, 15) is 14.7 Å². The van der Waals surface area contributed by atoms with E-state index in [0.717, 1.165) is 31.4 Å². The second kappa shape index (κ2) is 8.83. The largest absolute Gasteiger partial charge is 0.389 e. The molecule has 1 aliphatic carbocycles. The van der Waals surface area contributed by atoms with Crippen LogP contribution in [-0.2, 0) is 24.1 Å². The Hall–Kier alpha value is -1.95. The normalized spacial score (nSPS) is 18.7. The Morgan fingerprint density at radius 2 is 1.96 bits per heavy atom. The number of aromatic nitrogens is 1. The Labute approximate surface area is 161 Å². The molecule has 27 heavy (non-hydrogen) atoms. The summed E-state index contributed by atoms with van der Waals surface area (Å²) in [6.45, 7) is 3.09. The molecule has 0 atom stereocenters. The lowest BCUT2D eigenvalue weighted by atomic mass is 9.87. The van der Waals surface area contributed by atoms with Gasteiger partial charge in [-0.3, -0.25) is 9.78 Å². The van der Waals surface area contributed by atoms with Gasteiger partial charge in [-0.25, -0.2) is 4.79 Å². The van der Waals surface area contributed by atoms with E-state index in [-0.39, 0.29) is 18.2 Å². The summed E-state index contributed by atoms with van der Waals surface area (Å²) in [6, 6.07) is 4.25. The van der Waals surface area contributed by atoms with E-state index >= 15 is 0 Å². The molecular formula is C21H31N3O3. The number of hydrogen-bond donors (Lipinski definition) is 2. The lowest BCUT2D eigenvalue weighted by Crippen LogP contribution is -2.50. The maximum atomic E-state index is 12.3. The Morgan fingerprint density at radius 1 is 1.22 bits per heavy atom. The predicted molar refractivity (Wildman–Crippen MR) is 104 cm³/mol. The van der Waals surface area contributed by atoms with Gasteiger partial charge >= 0.3 is 6.03 Å². The van der Waals surface area contributed by atoms with Crippen LogP contribution in [0, 0.1) is 0 Å². The van der Waals surface area contributed by atoms with Crippen LogP contribution in [0.4, 0.5) is 4.79 Å². The Kier molecular flexibility index (Phi) is 6.47. The predicted octanol–water partition coefficient (Wildman–Crippen LogP) is 2.41. The number of amides is 2. The number of aliphatic hydroxyl groups is 1. The molecule has 1 aromatic heterocycles. The number of fused-ring (bicyclic) bond motifs is 1. The average molecular weight is 373 g/mol. The van der Waals surface area contributed by atoms with E-state index in [2.05, 4.69) is 17.4 Å². The minimum absolute atomic E-state index is 0.00816. The summed E-state index contributed by atoms with van der Waals surface area (Å²) in [4.78, 5) is 30.0. The number of hydrogen-bond acceptors (Lipinski definition) is 4. The smallest absolute Gasteiger partial charge is 0.317 e. The summed E-state index contributed by atoms with van der Waals surface area (Å²) in [6.07, 6.45) is 7.56. The third-order valence-electron chi connectivity index (χ3n) is 5.68. The number of nitrogens with zero attached hydrogens (tertiary/aromatic N) is 2. The first-order valence-electron chi connectivity index (χ1n) is 10.2. The lowest BCUT2D eigenvalue weighted by molar-refractivity contribution is -0.123. The van der Waals surface area contributed by atoms with Crippen molar-refractivity contribution in [2.75, 3.05) is 19.6 Å². The molecule has 2 N–H and O–H groups in total. The summed E-state index contributed by atoms with van der Waals surface area (Å²) >= 11 is 0. The Balaban J connectivity index is 1.37. The number of urea groups is 1. The second-order valence-electron chi connectivity index (χ2n) is 8.04. The molecule has 148 valence electrons. The zero-order valence-corrected chi connectivity index (χ0v) is 16.3. The number of aryl methyl sites for hydroxylation is 3. The topological polar surface area (TPSA) is 82.5 Å². The maximum absolute atomic E-state index is 12.3. The fraction of sp³-hybridized carbons (Fsp3) is 0.667. The van der Waals surface area contributed by atoms with Gasteiger partial charge < -0.3 is 15.3 Å². The molecule has 1 aliphatic heterocycles. The number of pyridine rings is 1. The molecule has 0 unspecified atom stereocenters. The molecule has 2 amide bonds. The molecule has 6 nitrogen and oxygen atoms in total. The first-order chi connectivity index (χ1) is 13.0. The zero-order valence-electron chi connectivity index (χ0n) is 16.3. The second-order valence-corrected chi connectivity index (χ2v) is 8.04. The molecule has 0 spiro atoms. The third-order valence-corrected chi connectivity index (χ3v) is 5.68. The third kappa shape index (κ3) is 5.51. The number of likely N-dealkylation sites (tertiary alicyclic amines) is 1. The highest BCUT2D eigenvalue weighted by Crippen LogP contribution is 2.26. The number of carbonyl (C=O) groups excluding carboxylic acids is 2. The molecule has 1 aromatic rings. The van der Waals surface area contributed by atoms with E-state index in [0.29, 0.717) is 32.5 Å². The van der Waals surface area contributed by atoms with E-state index in [1.54, 1.807) is 4.90 Å². The molecule has 3 rings (SSSR count). The Bertz CT molecular complexity index is 681.